The lowest BCUT2D eigenvalue weighted by atomic mass is 9.97. The van der Waals surface area contributed by atoms with Crippen molar-refractivity contribution in [1.82, 2.24) is 20.3 Å². The van der Waals surface area contributed by atoms with Gasteiger partial charge in [-0.05, 0) is 31.7 Å². The van der Waals surface area contributed by atoms with Crippen LogP contribution in [-0.4, -0.2) is 52.9 Å². The third-order valence-electron chi connectivity index (χ3n) is 6.01. The van der Waals surface area contributed by atoms with Crippen molar-refractivity contribution in [2.75, 3.05) is 41.3 Å². The Morgan fingerprint density at radius 3 is 2.91 bits per heavy atom. The topological polar surface area (TPSA) is 103 Å². The number of pyridine rings is 1. The fourth-order valence-corrected chi connectivity index (χ4v) is 4.46. The SMILES string of the molecule is CCCCNC(=O)C1CCCN(c2nc(Nc3cncc(N4CCCC4=O)c3)ncc2Cl)C1. The van der Waals surface area contributed by atoms with Crippen LogP contribution in [0.5, 0.6) is 0 Å². The van der Waals surface area contributed by atoms with Gasteiger partial charge in [-0.2, -0.15) is 4.98 Å². The number of aromatic nitrogens is 3. The molecular weight excluding hydrogens is 442 g/mol. The molecule has 0 bridgehead atoms. The number of hydrogen-bond acceptors (Lipinski definition) is 7. The highest BCUT2D eigenvalue weighted by Gasteiger charge is 2.28. The first-order chi connectivity index (χ1) is 16.0. The fourth-order valence-electron chi connectivity index (χ4n) is 4.25. The second kappa shape index (κ2) is 10.8. The number of amides is 2. The highest BCUT2D eigenvalue weighted by Crippen LogP contribution is 2.30. The average molecular weight is 472 g/mol. The molecule has 1 unspecified atom stereocenters. The van der Waals surface area contributed by atoms with E-state index in [1.54, 1.807) is 23.5 Å². The summed E-state index contributed by atoms with van der Waals surface area (Å²) >= 11 is 6.44. The smallest absolute Gasteiger partial charge is 0.229 e. The van der Waals surface area contributed by atoms with Crippen LogP contribution in [0, 0.1) is 5.92 Å². The van der Waals surface area contributed by atoms with Crippen LogP contribution >= 0.6 is 11.6 Å². The monoisotopic (exact) mass is 471 g/mol. The van der Waals surface area contributed by atoms with Crippen molar-refractivity contribution in [3.05, 3.63) is 29.7 Å². The Hall–Kier alpha value is -2.94. The van der Waals surface area contributed by atoms with Gasteiger partial charge >= 0.3 is 0 Å². The zero-order valence-electron chi connectivity index (χ0n) is 18.9. The zero-order chi connectivity index (χ0) is 23.2. The number of halogens is 1. The lowest BCUT2D eigenvalue weighted by Crippen LogP contribution is -2.43. The number of nitrogens with one attached hydrogen (secondary N) is 2. The molecule has 0 aliphatic carbocycles. The molecule has 2 saturated heterocycles. The summed E-state index contributed by atoms with van der Waals surface area (Å²) in [6.07, 6.45) is 10.1. The number of anilines is 4. The zero-order valence-corrected chi connectivity index (χ0v) is 19.6. The van der Waals surface area contributed by atoms with E-state index in [-0.39, 0.29) is 17.7 Å². The summed E-state index contributed by atoms with van der Waals surface area (Å²) in [4.78, 5) is 41.6. The predicted molar refractivity (Wildman–Crippen MR) is 129 cm³/mol. The van der Waals surface area contributed by atoms with Gasteiger partial charge in [0, 0.05) is 32.6 Å². The number of unbranched alkanes of at least 4 members (excludes halogenated alkanes) is 1. The summed E-state index contributed by atoms with van der Waals surface area (Å²) in [7, 11) is 0. The van der Waals surface area contributed by atoms with Gasteiger partial charge in [0.25, 0.3) is 0 Å². The summed E-state index contributed by atoms with van der Waals surface area (Å²) in [6, 6.07) is 1.87. The van der Waals surface area contributed by atoms with Gasteiger partial charge in [0.2, 0.25) is 17.8 Å². The van der Waals surface area contributed by atoms with Crippen LogP contribution in [0.15, 0.2) is 24.7 Å². The number of hydrogen-bond donors (Lipinski definition) is 2. The minimum atomic E-state index is -0.0862. The van der Waals surface area contributed by atoms with Gasteiger partial charge in [0.15, 0.2) is 5.82 Å². The third-order valence-corrected chi connectivity index (χ3v) is 6.28. The minimum absolute atomic E-state index is 0.0862. The number of nitrogens with zero attached hydrogens (tertiary/aromatic N) is 5. The maximum Gasteiger partial charge on any atom is 0.229 e. The number of carbonyl (C=O) groups excluding carboxylic acids is 2. The summed E-state index contributed by atoms with van der Waals surface area (Å²) in [5.41, 5.74) is 1.44. The Bertz CT molecular complexity index is 1000. The van der Waals surface area contributed by atoms with E-state index >= 15 is 0 Å². The Labute approximate surface area is 198 Å². The van der Waals surface area contributed by atoms with Crippen LogP contribution in [0.4, 0.5) is 23.1 Å². The van der Waals surface area contributed by atoms with Gasteiger partial charge in [-0.15, -0.1) is 0 Å². The van der Waals surface area contributed by atoms with Crippen LogP contribution < -0.4 is 20.4 Å². The first-order valence-corrected chi connectivity index (χ1v) is 12.0. The summed E-state index contributed by atoms with van der Waals surface area (Å²) < 4.78 is 0. The largest absolute Gasteiger partial charge is 0.356 e. The molecule has 33 heavy (non-hydrogen) atoms. The standard InChI is InChI=1S/C23H30ClN7O2/c1-2-3-8-26-22(33)16-6-4-9-30(15-16)21-19(24)14-27-23(29-21)28-17-11-18(13-25-12-17)31-10-5-7-20(31)32/h11-14,16H,2-10,15H2,1H3,(H,26,33)(H,27,28,29). The Morgan fingerprint density at radius 2 is 2.12 bits per heavy atom. The van der Waals surface area contributed by atoms with Crippen LogP contribution in [0.2, 0.25) is 5.02 Å². The summed E-state index contributed by atoms with van der Waals surface area (Å²) in [6.45, 7) is 4.87. The molecule has 1 atom stereocenters. The maximum atomic E-state index is 12.6. The second-order valence-corrected chi connectivity index (χ2v) is 8.91. The lowest BCUT2D eigenvalue weighted by molar-refractivity contribution is -0.125. The Kier molecular flexibility index (Phi) is 7.59. The van der Waals surface area contributed by atoms with Crippen molar-refractivity contribution in [1.29, 1.82) is 0 Å². The molecule has 176 valence electrons. The molecule has 4 rings (SSSR count). The van der Waals surface area contributed by atoms with Gasteiger partial charge in [-0.25, -0.2) is 4.98 Å². The van der Waals surface area contributed by atoms with Gasteiger partial charge < -0.3 is 20.4 Å². The average Bonchev–Trinajstić information content (AvgIpc) is 3.26. The Balaban J connectivity index is 1.46. The third kappa shape index (κ3) is 5.71. The van der Waals surface area contributed by atoms with Crippen LogP contribution in [0.3, 0.4) is 0 Å². The lowest BCUT2D eigenvalue weighted by Gasteiger charge is -2.33. The first kappa shape index (κ1) is 23.2. The molecule has 2 aromatic rings. The van der Waals surface area contributed by atoms with Crippen LogP contribution in [-0.2, 0) is 9.59 Å². The van der Waals surface area contributed by atoms with Crippen molar-refractivity contribution >= 4 is 46.6 Å². The van der Waals surface area contributed by atoms with Crippen molar-refractivity contribution in [2.24, 2.45) is 5.92 Å². The second-order valence-electron chi connectivity index (χ2n) is 8.50. The van der Waals surface area contributed by atoms with E-state index in [0.29, 0.717) is 48.5 Å². The van der Waals surface area contributed by atoms with Crippen LogP contribution in [0.25, 0.3) is 0 Å². The van der Waals surface area contributed by atoms with E-state index in [1.807, 2.05) is 6.07 Å². The number of carbonyl (C=O) groups is 2. The minimum Gasteiger partial charge on any atom is -0.356 e. The molecule has 2 N–H and O–H groups in total. The number of rotatable bonds is 8. The number of piperidine rings is 1. The molecule has 2 aliphatic heterocycles. The Morgan fingerprint density at radius 1 is 1.24 bits per heavy atom. The summed E-state index contributed by atoms with van der Waals surface area (Å²) in [5.74, 6) is 1.11. The maximum absolute atomic E-state index is 12.6. The normalized spacial score (nSPS) is 18.5. The van der Waals surface area contributed by atoms with Gasteiger partial charge in [0.1, 0.15) is 5.02 Å². The molecule has 2 aromatic heterocycles. The van der Waals surface area contributed by atoms with Crippen molar-refractivity contribution in [3.8, 4) is 0 Å². The highest BCUT2D eigenvalue weighted by molar-refractivity contribution is 6.32. The van der Waals surface area contributed by atoms with Gasteiger partial charge in [-0.1, -0.05) is 24.9 Å². The molecule has 0 radical (unpaired) electrons. The molecule has 9 nitrogen and oxygen atoms in total. The van der Waals surface area contributed by atoms with Crippen molar-refractivity contribution in [2.45, 2.75) is 45.4 Å². The van der Waals surface area contributed by atoms with E-state index in [0.717, 1.165) is 44.3 Å². The van der Waals surface area contributed by atoms with Crippen LogP contribution in [0.1, 0.15) is 45.4 Å². The molecule has 0 saturated carbocycles. The van der Waals surface area contributed by atoms with Crippen molar-refractivity contribution in [3.63, 3.8) is 0 Å². The highest BCUT2D eigenvalue weighted by atomic mass is 35.5. The van der Waals surface area contributed by atoms with Gasteiger partial charge in [0.05, 0.1) is 35.9 Å². The van der Waals surface area contributed by atoms with E-state index in [2.05, 4.69) is 37.4 Å². The predicted octanol–water partition coefficient (Wildman–Crippen LogP) is 3.53. The van der Waals surface area contributed by atoms with E-state index in [9.17, 15) is 9.59 Å². The molecule has 10 heteroatoms. The van der Waals surface area contributed by atoms with E-state index in [1.165, 1.54) is 0 Å². The molecule has 0 aromatic carbocycles. The van der Waals surface area contributed by atoms with E-state index in [4.69, 9.17) is 11.6 Å². The molecule has 2 amide bonds. The molecule has 2 aliphatic rings. The van der Waals surface area contributed by atoms with Crippen molar-refractivity contribution < 1.29 is 9.59 Å². The summed E-state index contributed by atoms with van der Waals surface area (Å²) in [5, 5.41) is 6.65. The molecular formula is C23H30ClN7O2. The molecule has 4 heterocycles. The van der Waals surface area contributed by atoms with E-state index < -0.39 is 0 Å². The fraction of sp³-hybridized carbons (Fsp3) is 0.522. The molecule has 2 fully saturated rings. The molecule has 0 spiro atoms. The first-order valence-electron chi connectivity index (χ1n) is 11.6. The van der Waals surface area contributed by atoms with Gasteiger partial charge in [-0.3, -0.25) is 14.6 Å². The quantitative estimate of drug-likeness (QED) is 0.567.